The number of nitrogens with one attached hydrogen (secondary N) is 1. The number of halogens is 1. The van der Waals surface area contributed by atoms with Crippen LogP contribution in [0.2, 0.25) is 0 Å². The summed E-state index contributed by atoms with van der Waals surface area (Å²) in [5, 5.41) is 2.85. The van der Waals surface area contributed by atoms with E-state index in [2.05, 4.69) is 10.1 Å². The highest BCUT2D eigenvalue weighted by molar-refractivity contribution is 5.89. The summed E-state index contributed by atoms with van der Waals surface area (Å²) in [4.78, 5) is 11.1. The van der Waals surface area contributed by atoms with E-state index in [1.54, 1.807) is 7.11 Å². The Hall–Kier alpha value is -1.62. The van der Waals surface area contributed by atoms with E-state index in [0.29, 0.717) is 18.8 Å². The molecule has 0 aliphatic rings. The van der Waals surface area contributed by atoms with Crippen LogP contribution in [0, 0.1) is 5.82 Å². The first-order valence-corrected chi connectivity index (χ1v) is 4.79. The molecule has 4 nitrogen and oxygen atoms in total. The molecule has 0 unspecified atom stereocenters. The third kappa shape index (κ3) is 3.20. The molecule has 0 heterocycles. The number of benzene rings is 1. The highest BCUT2D eigenvalue weighted by Crippen LogP contribution is 2.15. The number of anilines is 1. The van der Waals surface area contributed by atoms with Crippen molar-refractivity contribution < 1.29 is 18.7 Å². The molecule has 0 bridgehead atoms. The van der Waals surface area contributed by atoms with E-state index in [1.807, 2.05) is 0 Å². The molecule has 16 heavy (non-hydrogen) atoms. The smallest absolute Gasteiger partial charge is 0.337 e. The van der Waals surface area contributed by atoms with E-state index in [9.17, 15) is 9.18 Å². The number of methoxy groups -OCH3 is 2. The topological polar surface area (TPSA) is 47.6 Å². The lowest BCUT2D eigenvalue weighted by Crippen LogP contribution is -2.09. The van der Waals surface area contributed by atoms with Crippen LogP contribution in [0.3, 0.4) is 0 Å². The Kier molecular flexibility index (Phi) is 4.72. The Balaban J connectivity index is 2.71. The van der Waals surface area contributed by atoms with E-state index in [1.165, 1.54) is 19.2 Å². The lowest BCUT2D eigenvalue weighted by molar-refractivity contribution is 0.0600. The maximum atomic E-state index is 13.5. The van der Waals surface area contributed by atoms with Gasteiger partial charge in [-0.2, -0.15) is 0 Å². The summed E-state index contributed by atoms with van der Waals surface area (Å²) >= 11 is 0. The summed E-state index contributed by atoms with van der Waals surface area (Å²) in [5.41, 5.74) is 0.530. The Labute approximate surface area is 93.4 Å². The van der Waals surface area contributed by atoms with Gasteiger partial charge in [0.05, 0.1) is 25.0 Å². The number of carbonyl (C=O) groups excluding carboxylic acids is 1. The quantitative estimate of drug-likeness (QED) is 0.614. The maximum absolute atomic E-state index is 13.5. The molecule has 1 aromatic rings. The highest BCUT2D eigenvalue weighted by atomic mass is 19.1. The molecule has 1 aromatic carbocycles. The zero-order valence-electron chi connectivity index (χ0n) is 9.25. The Morgan fingerprint density at radius 2 is 2.19 bits per heavy atom. The molecule has 5 heteroatoms. The Morgan fingerprint density at radius 3 is 2.75 bits per heavy atom. The minimum Gasteiger partial charge on any atom is -0.465 e. The van der Waals surface area contributed by atoms with Crippen molar-refractivity contribution in [2.45, 2.75) is 0 Å². The SMILES string of the molecule is COCCNc1ccc(C(=O)OC)cc1F. The van der Waals surface area contributed by atoms with E-state index in [-0.39, 0.29) is 5.56 Å². The molecule has 0 saturated carbocycles. The standard InChI is InChI=1S/C11H14FNO3/c1-15-6-5-13-10-4-3-8(7-9(10)12)11(14)16-2/h3-4,7,13H,5-6H2,1-2H3. The van der Waals surface area contributed by atoms with Crippen LogP contribution in [-0.2, 0) is 9.47 Å². The molecule has 0 saturated heterocycles. The molecule has 0 radical (unpaired) electrons. The van der Waals surface area contributed by atoms with Gasteiger partial charge in [0.25, 0.3) is 0 Å². The molecule has 1 N–H and O–H groups in total. The minimum absolute atomic E-state index is 0.192. The number of esters is 1. The third-order valence-corrected chi connectivity index (χ3v) is 2.01. The normalized spacial score (nSPS) is 9.94. The van der Waals surface area contributed by atoms with Gasteiger partial charge >= 0.3 is 5.97 Å². The van der Waals surface area contributed by atoms with Crippen LogP contribution in [0.1, 0.15) is 10.4 Å². The predicted molar refractivity (Wildman–Crippen MR) is 58.1 cm³/mol. The zero-order valence-corrected chi connectivity index (χ0v) is 9.25. The number of carbonyl (C=O) groups is 1. The Bertz CT molecular complexity index is 368. The van der Waals surface area contributed by atoms with Gasteiger partial charge in [-0.1, -0.05) is 0 Å². The summed E-state index contributed by atoms with van der Waals surface area (Å²) in [6.45, 7) is 0.989. The fourth-order valence-electron chi connectivity index (χ4n) is 1.19. The molecule has 0 aromatic heterocycles. The molecule has 88 valence electrons. The zero-order chi connectivity index (χ0) is 12.0. The van der Waals surface area contributed by atoms with E-state index < -0.39 is 11.8 Å². The van der Waals surface area contributed by atoms with Crippen LogP contribution in [0.5, 0.6) is 0 Å². The van der Waals surface area contributed by atoms with Crippen molar-refractivity contribution in [2.24, 2.45) is 0 Å². The van der Waals surface area contributed by atoms with Gasteiger partial charge in [-0.3, -0.25) is 0 Å². The average Bonchev–Trinajstić information content (AvgIpc) is 2.30. The molecular formula is C11H14FNO3. The van der Waals surface area contributed by atoms with Crippen molar-refractivity contribution in [3.05, 3.63) is 29.6 Å². The van der Waals surface area contributed by atoms with Gasteiger partial charge in [-0.15, -0.1) is 0 Å². The molecule has 0 amide bonds. The summed E-state index contributed by atoms with van der Waals surface area (Å²) in [7, 11) is 2.82. The van der Waals surface area contributed by atoms with Crippen LogP contribution in [0.4, 0.5) is 10.1 Å². The second kappa shape index (κ2) is 6.07. The van der Waals surface area contributed by atoms with Crippen LogP contribution in [-0.4, -0.2) is 33.3 Å². The van der Waals surface area contributed by atoms with Gasteiger partial charge in [0.1, 0.15) is 5.82 Å². The lowest BCUT2D eigenvalue weighted by atomic mass is 10.2. The summed E-state index contributed by atoms with van der Waals surface area (Å²) < 4.78 is 22.8. The molecule has 1 rings (SSSR count). The minimum atomic E-state index is -0.553. The highest BCUT2D eigenvalue weighted by Gasteiger charge is 2.09. The van der Waals surface area contributed by atoms with E-state index >= 15 is 0 Å². The predicted octanol–water partition coefficient (Wildman–Crippen LogP) is 1.67. The van der Waals surface area contributed by atoms with Crippen LogP contribution in [0.15, 0.2) is 18.2 Å². The van der Waals surface area contributed by atoms with Gasteiger partial charge in [-0.05, 0) is 18.2 Å². The van der Waals surface area contributed by atoms with Crippen LogP contribution < -0.4 is 5.32 Å². The Morgan fingerprint density at radius 1 is 1.44 bits per heavy atom. The van der Waals surface area contributed by atoms with E-state index in [4.69, 9.17) is 4.74 Å². The van der Waals surface area contributed by atoms with Crippen molar-refractivity contribution in [3.8, 4) is 0 Å². The van der Waals surface area contributed by atoms with Crippen molar-refractivity contribution in [1.29, 1.82) is 0 Å². The van der Waals surface area contributed by atoms with Gasteiger partial charge in [0, 0.05) is 13.7 Å². The fourth-order valence-corrected chi connectivity index (χ4v) is 1.19. The summed E-state index contributed by atoms with van der Waals surface area (Å²) in [6, 6.07) is 4.14. The average molecular weight is 227 g/mol. The van der Waals surface area contributed by atoms with Gasteiger partial charge < -0.3 is 14.8 Å². The summed E-state index contributed by atoms with van der Waals surface area (Å²) in [5.74, 6) is -1.04. The first kappa shape index (κ1) is 12.4. The largest absolute Gasteiger partial charge is 0.465 e. The molecule has 0 fully saturated rings. The molecule has 0 atom stereocenters. The van der Waals surface area contributed by atoms with Crippen LogP contribution in [0.25, 0.3) is 0 Å². The van der Waals surface area contributed by atoms with Gasteiger partial charge in [-0.25, -0.2) is 9.18 Å². The van der Waals surface area contributed by atoms with Gasteiger partial charge in [0.2, 0.25) is 0 Å². The van der Waals surface area contributed by atoms with Crippen molar-refractivity contribution in [2.75, 3.05) is 32.7 Å². The van der Waals surface area contributed by atoms with E-state index in [0.717, 1.165) is 6.07 Å². The molecule has 0 aliphatic heterocycles. The van der Waals surface area contributed by atoms with Crippen LogP contribution >= 0.6 is 0 Å². The second-order valence-corrected chi connectivity index (χ2v) is 3.11. The fraction of sp³-hybridized carbons (Fsp3) is 0.364. The third-order valence-electron chi connectivity index (χ3n) is 2.01. The first-order chi connectivity index (χ1) is 7.69. The number of hydrogen-bond donors (Lipinski definition) is 1. The lowest BCUT2D eigenvalue weighted by Gasteiger charge is -2.07. The second-order valence-electron chi connectivity index (χ2n) is 3.11. The molecular weight excluding hydrogens is 213 g/mol. The molecule has 0 spiro atoms. The number of ether oxygens (including phenoxy) is 2. The molecule has 0 aliphatic carbocycles. The maximum Gasteiger partial charge on any atom is 0.337 e. The summed E-state index contributed by atoms with van der Waals surface area (Å²) in [6.07, 6.45) is 0. The van der Waals surface area contributed by atoms with Crippen molar-refractivity contribution in [1.82, 2.24) is 0 Å². The number of hydrogen-bond acceptors (Lipinski definition) is 4. The first-order valence-electron chi connectivity index (χ1n) is 4.79. The van der Waals surface area contributed by atoms with Crippen molar-refractivity contribution in [3.63, 3.8) is 0 Å². The monoisotopic (exact) mass is 227 g/mol. The van der Waals surface area contributed by atoms with Crippen molar-refractivity contribution >= 4 is 11.7 Å². The van der Waals surface area contributed by atoms with Gasteiger partial charge in [0.15, 0.2) is 0 Å². The number of rotatable bonds is 5.